The number of nitrogens with zero attached hydrogens (tertiary/aromatic N) is 3. The topological polar surface area (TPSA) is 26.8 Å². The number of rotatable bonds is 4. The van der Waals surface area contributed by atoms with E-state index in [4.69, 9.17) is 0 Å². The summed E-state index contributed by atoms with van der Waals surface area (Å²) < 4.78 is 13.3. The lowest BCUT2D eigenvalue weighted by atomic mass is 10.2. The van der Waals surface area contributed by atoms with Crippen LogP contribution < -0.4 is 0 Å². The molecular weight excluding hydrogens is 305 g/mol. The van der Waals surface area contributed by atoms with Gasteiger partial charge in [-0.3, -0.25) is 14.6 Å². The summed E-state index contributed by atoms with van der Waals surface area (Å²) in [4.78, 5) is 19.1. The Bertz CT molecular complexity index is 535. The number of piperazine rings is 1. The van der Waals surface area contributed by atoms with Crippen molar-refractivity contribution < 1.29 is 9.18 Å². The van der Waals surface area contributed by atoms with E-state index in [-0.39, 0.29) is 11.7 Å². The predicted molar refractivity (Wildman–Crippen MR) is 93.2 cm³/mol. The van der Waals surface area contributed by atoms with E-state index in [9.17, 15) is 9.18 Å². The Hall–Kier alpha value is -1.46. The minimum atomic E-state index is -0.172. The van der Waals surface area contributed by atoms with Crippen molar-refractivity contribution in [3.63, 3.8) is 0 Å². The maximum absolute atomic E-state index is 13.3. The van der Waals surface area contributed by atoms with Crippen molar-refractivity contribution in [2.45, 2.75) is 32.2 Å². The monoisotopic (exact) mass is 333 g/mol. The molecule has 0 bridgehead atoms. The van der Waals surface area contributed by atoms with Gasteiger partial charge in [0.25, 0.3) is 0 Å². The van der Waals surface area contributed by atoms with Crippen molar-refractivity contribution in [1.82, 2.24) is 14.7 Å². The normalized spacial score (nSPS) is 20.8. The second kappa shape index (κ2) is 8.58. The molecule has 0 atom stereocenters. The lowest BCUT2D eigenvalue weighted by Crippen LogP contribution is -2.49. The van der Waals surface area contributed by atoms with Crippen molar-refractivity contribution in [2.24, 2.45) is 0 Å². The van der Waals surface area contributed by atoms with Crippen LogP contribution in [0, 0.1) is 5.82 Å². The quantitative estimate of drug-likeness (QED) is 0.846. The zero-order valence-electron chi connectivity index (χ0n) is 14.4. The van der Waals surface area contributed by atoms with E-state index in [1.54, 1.807) is 12.1 Å². The number of hydrogen-bond acceptors (Lipinski definition) is 3. The summed E-state index contributed by atoms with van der Waals surface area (Å²) >= 11 is 0. The number of likely N-dealkylation sites (tertiary alicyclic amines) is 1. The number of amides is 1. The number of carbonyl (C=O) groups is 1. The van der Waals surface area contributed by atoms with Gasteiger partial charge >= 0.3 is 0 Å². The van der Waals surface area contributed by atoms with E-state index in [0.717, 1.165) is 64.2 Å². The smallest absolute Gasteiger partial charge is 0.236 e. The van der Waals surface area contributed by atoms with Crippen LogP contribution in [-0.2, 0) is 11.3 Å². The van der Waals surface area contributed by atoms with E-state index >= 15 is 0 Å². The molecule has 0 aliphatic carbocycles. The molecule has 0 saturated carbocycles. The van der Waals surface area contributed by atoms with Crippen molar-refractivity contribution in [3.8, 4) is 0 Å². The highest BCUT2D eigenvalue weighted by Gasteiger charge is 2.22. The molecule has 4 nitrogen and oxygen atoms in total. The molecule has 1 amide bonds. The Morgan fingerprint density at radius 1 is 0.917 bits per heavy atom. The summed E-state index contributed by atoms with van der Waals surface area (Å²) in [5, 5.41) is 0. The zero-order chi connectivity index (χ0) is 16.8. The summed E-state index contributed by atoms with van der Waals surface area (Å²) in [6.07, 6.45) is 4.80. The van der Waals surface area contributed by atoms with Crippen LogP contribution in [-0.4, -0.2) is 66.4 Å². The highest BCUT2D eigenvalue weighted by Crippen LogP contribution is 2.12. The third-order valence-corrected chi connectivity index (χ3v) is 5.08. The number of benzene rings is 1. The Balaban J connectivity index is 1.42. The van der Waals surface area contributed by atoms with Crippen LogP contribution in [0.5, 0.6) is 0 Å². The minimum absolute atomic E-state index is 0.172. The lowest BCUT2D eigenvalue weighted by Gasteiger charge is -2.35. The number of halogens is 1. The van der Waals surface area contributed by atoms with Crippen LogP contribution in [0.2, 0.25) is 0 Å². The zero-order valence-corrected chi connectivity index (χ0v) is 14.4. The average molecular weight is 333 g/mol. The van der Waals surface area contributed by atoms with E-state index in [1.807, 2.05) is 11.0 Å². The summed E-state index contributed by atoms with van der Waals surface area (Å²) in [5.41, 5.74) is 1.02. The van der Waals surface area contributed by atoms with E-state index in [1.165, 1.54) is 18.9 Å². The van der Waals surface area contributed by atoms with Gasteiger partial charge in [-0.15, -0.1) is 0 Å². The maximum Gasteiger partial charge on any atom is 0.236 e. The van der Waals surface area contributed by atoms with Gasteiger partial charge in [-0.2, -0.15) is 0 Å². The van der Waals surface area contributed by atoms with Gasteiger partial charge in [0.05, 0.1) is 6.54 Å². The molecule has 132 valence electrons. The SMILES string of the molecule is O=C(CN1CCN(Cc2cccc(F)c2)CC1)N1CCCCCC1. The Morgan fingerprint density at radius 2 is 1.58 bits per heavy atom. The van der Waals surface area contributed by atoms with Crippen LogP contribution in [0.25, 0.3) is 0 Å². The van der Waals surface area contributed by atoms with E-state index < -0.39 is 0 Å². The predicted octanol–water partition coefficient (Wildman–Crippen LogP) is 2.35. The first-order valence-electron chi connectivity index (χ1n) is 9.18. The lowest BCUT2D eigenvalue weighted by molar-refractivity contribution is -0.132. The average Bonchev–Trinajstić information content (AvgIpc) is 2.86. The van der Waals surface area contributed by atoms with E-state index in [0.29, 0.717) is 6.54 Å². The fraction of sp³-hybridized carbons (Fsp3) is 0.632. The van der Waals surface area contributed by atoms with E-state index in [2.05, 4.69) is 9.80 Å². The first-order chi connectivity index (χ1) is 11.7. The van der Waals surface area contributed by atoms with Gasteiger partial charge in [0.1, 0.15) is 5.82 Å². The molecule has 1 aromatic carbocycles. The number of hydrogen-bond donors (Lipinski definition) is 0. The Labute approximate surface area is 144 Å². The van der Waals surface area contributed by atoms with Crippen LogP contribution in [0.3, 0.4) is 0 Å². The molecule has 0 spiro atoms. The molecular formula is C19H28FN3O. The molecule has 1 aromatic rings. The molecule has 2 aliphatic heterocycles. The Kier molecular flexibility index (Phi) is 6.21. The van der Waals surface area contributed by atoms with Gasteiger partial charge < -0.3 is 4.90 Å². The third-order valence-electron chi connectivity index (χ3n) is 5.08. The third kappa shape index (κ3) is 5.02. The minimum Gasteiger partial charge on any atom is -0.342 e. The van der Waals surface area contributed by atoms with Crippen molar-refractivity contribution >= 4 is 5.91 Å². The molecule has 2 aliphatic rings. The summed E-state index contributed by atoms with van der Waals surface area (Å²) in [6.45, 7) is 6.88. The Morgan fingerprint density at radius 3 is 2.25 bits per heavy atom. The molecule has 0 radical (unpaired) electrons. The van der Waals surface area contributed by atoms with Crippen molar-refractivity contribution in [3.05, 3.63) is 35.6 Å². The van der Waals surface area contributed by atoms with Gasteiger partial charge in [-0.05, 0) is 30.5 Å². The standard InChI is InChI=1S/C19H28FN3O/c20-18-7-5-6-17(14-18)15-21-10-12-22(13-11-21)16-19(24)23-8-3-1-2-4-9-23/h5-7,14H,1-4,8-13,15-16H2. The fourth-order valence-electron chi connectivity index (χ4n) is 3.61. The molecule has 0 N–H and O–H groups in total. The van der Waals surface area contributed by atoms with Crippen molar-refractivity contribution in [2.75, 3.05) is 45.8 Å². The molecule has 2 saturated heterocycles. The van der Waals surface area contributed by atoms with Gasteiger partial charge in [-0.1, -0.05) is 25.0 Å². The van der Waals surface area contributed by atoms with Gasteiger partial charge in [0.15, 0.2) is 0 Å². The second-order valence-corrected chi connectivity index (χ2v) is 6.98. The largest absolute Gasteiger partial charge is 0.342 e. The summed E-state index contributed by atoms with van der Waals surface area (Å²) in [5.74, 6) is 0.115. The maximum atomic E-state index is 13.3. The fourth-order valence-corrected chi connectivity index (χ4v) is 3.61. The van der Waals surface area contributed by atoms with Gasteiger partial charge in [0.2, 0.25) is 5.91 Å². The highest BCUT2D eigenvalue weighted by molar-refractivity contribution is 5.78. The molecule has 0 aromatic heterocycles. The van der Waals surface area contributed by atoms with Crippen LogP contribution >= 0.6 is 0 Å². The molecule has 2 fully saturated rings. The van der Waals surface area contributed by atoms with Crippen molar-refractivity contribution in [1.29, 1.82) is 0 Å². The second-order valence-electron chi connectivity index (χ2n) is 6.98. The molecule has 24 heavy (non-hydrogen) atoms. The molecule has 5 heteroatoms. The molecule has 3 rings (SSSR count). The highest BCUT2D eigenvalue weighted by atomic mass is 19.1. The summed E-state index contributed by atoms with van der Waals surface area (Å²) in [7, 11) is 0. The van der Waals surface area contributed by atoms with Gasteiger partial charge in [-0.25, -0.2) is 4.39 Å². The van der Waals surface area contributed by atoms with Crippen LogP contribution in [0.15, 0.2) is 24.3 Å². The molecule has 0 unspecified atom stereocenters. The van der Waals surface area contributed by atoms with Gasteiger partial charge in [0, 0.05) is 45.8 Å². The molecule has 2 heterocycles. The van der Waals surface area contributed by atoms with Crippen LogP contribution in [0.4, 0.5) is 4.39 Å². The first kappa shape index (κ1) is 17.4. The summed E-state index contributed by atoms with van der Waals surface area (Å²) in [6, 6.07) is 6.82. The first-order valence-corrected chi connectivity index (χ1v) is 9.18. The van der Waals surface area contributed by atoms with Crippen LogP contribution in [0.1, 0.15) is 31.2 Å². The number of carbonyl (C=O) groups excluding carboxylic acids is 1.